The summed E-state index contributed by atoms with van der Waals surface area (Å²) in [5.41, 5.74) is -0.310. The summed E-state index contributed by atoms with van der Waals surface area (Å²) < 4.78 is 35.3. The number of alkyl halides is 3. The third-order valence-electron chi connectivity index (χ3n) is 1.42. The van der Waals surface area contributed by atoms with E-state index in [9.17, 15) is 23.3 Å². The maximum atomic E-state index is 11.8. The van der Waals surface area contributed by atoms with E-state index < -0.39 is 17.6 Å². The zero-order valence-electron chi connectivity index (χ0n) is 7.28. The molecule has 1 aromatic rings. The summed E-state index contributed by atoms with van der Waals surface area (Å²) in [5, 5.41) is 12.2. The Morgan fingerprint density at radius 1 is 1.53 bits per heavy atom. The number of anilines is 1. The highest BCUT2D eigenvalue weighted by Crippen LogP contribution is 2.18. The van der Waals surface area contributed by atoms with Crippen molar-refractivity contribution in [3.63, 3.8) is 0 Å². The summed E-state index contributed by atoms with van der Waals surface area (Å²) in [7, 11) is 0. The van der Waals surface area contributed by atoms with E-state index in [1.54, 1.807) is 0 Å². The normalized spacial score (nSPS) is 11.1. The lowest BCUT2D eigenvalue weighted by atomic mass is 10.4. The first kappa shape index (κ1) is 11.2. The molecule has 0 aromatic carbocycles. The summed E-state index contributed by atoms with van der Waals surface area (Å²) in [6.07, 6.45) is -3.32. The second-order valence-corrected chi connectivity index (χ2v) is 2.63. The minimum atomic E-state index is -4.38. The van der Waals surface area contributed by atoms with Gasteiger partial charge in [0.05, 0.1) is 11.0 Å². The number of aromatic nitrogens is 1. The summed E-state index contributed by atoms with van der Waals surface area (Å²) in [6.45, 7) is -1.28. The Morgan fingerprint density at radius 3 is 2.73 bits per heavy atom. The van der Waals surface area contributed by atoms with Crippen molar-refractivity contribution in [2.45, 2.75) is 6.18 Å². The van der Waals surface area contributed by atoms with Crippen LogP contribution < -0.4 is 5.32 Å². The van der Waals surface area contributed by atoms with Crippen LogP contribution in [-0.2, 0) is 0 Å². The molecule has 1 aromatic heterocycles. The molecule has 1 rings (SSSR count). The Kier molecular flexibility index (Phi) is 3.08. The Hall–Kier alpha value is -1.86. The molecular formula is C7H6F3N3O2. The maximum absolute atomic E-state index is 11.8. The molecule has 15 heavy (non-hydrogen) atoms. The van der Waals surface area contributed by atoms with Crippen molar-refractivity contribution >= 4 is 11.5 Å². The van der Waals surface area contributed by atoms with Gasteiger partial charge in [-0.05, 0) is 0 Å². The van der Waals surface area contributed by atoms with Crippen LogP contribution in [0.1, 0.15) is 0 Å². The van der Waals surface area contributed by atoms with Crippen molar-refractivity contribution in [3.05, 3.63) is 28.4 Å². The van der Waals surface area contributed by atoms with Crippen LogP contribution in [0.25, 0.3) is 0 Å². The molecule has 0 spiro atoms. The first-order chi connectivity index (χ1) is 6.88. The van der Waals surface area contributed by atoms with Crippen LogP contribution in [0.2, 0.25) is 0 Å². The largest absolute Gasteiger partial charge is 0.405 e. The first-order valence-electron chi connectivity index (χ1n) is 3.79. The van der Waals surface area contributed by atoms with Gasteiger partial charge in [-0.2, -0.15) is 13.2 Å². The smallest absolute Gasteiger partial charge is 0.361 e. The molecule has 0 saturated carbocycles. The van der Waals surface area contributed by atoms with E-state index in [-0.39, 0.29) is 11.5 Å². The fourth-order valence-electron chi connectivity index (χ4n) is 0.820. The van der Waals surface area contributed by atoms with Gasteiger partial charge >= 0.3 is 6.18 Å². The zero-order valence-corrected chi connectivity index (χ0v) is 7.28. The lowest BCUT2D eigenvalue weighted by Crippen LogP contribution is -2.21. The number of nitrogens with zero attached hydrogens (tertiary/aromatic N) is 2. The van der Waals surface area contributed by atoms with Gasteiger partial charge in [0.25, 0.3) is 5.69 Å². The third kappa shape index (κ3) is 3.79. The summed E-state index contributed by atoms with van der Waals surface area (Å²) in [6, 6.07) is 2.03. The standard InChI is InChI=1S/C7H6F3N3O2/c8-7(9,10)4-12-6-3-5(13(14)15)1-2-11-6/h1-3H,4H2,(H,11,12). The van der Waals surface area contributed by atoms with Crippen molar-refractivity contribution in [2.75, 3.05) is 11.9 Å². The molecule has 0 radical (unpaired) electrons. The third-order valence-corrected chi connectivity index (χ3v) is 1.42. The molecule has 8 heteroatoms. The Labute approximate surface area is 82.1 Å². The second kappa shape index (κ2) is 4.11. The number of hydrogen-bond acceptors (Lipinski definition) is 4. The molecule has 0 fully saturated rings. The van der Waals surface area contributed by atoms with Crippen molar-refractivity contribution in [1.29, 1.82) is 0 Å². The average Bonchev–Trinajstić information content (AvgIpc) is 2.14. The number of halogens is 3. The summed E-state index contributed by atoms with van der Waals surface area (Å²) in [5.74, 6) is -0.179. The van der Waals surface area contributed by atoms with Gasteiger partial charge < -0.3 is 5.32 Å². The number of pyridine rings is 1. The van der Waals surface area contributed by atoms with Crippen molar-refractivity contribution in [3.8, 4) is 0 Å². The van der Waals surface area contributed by atoms with Crippen LogP contribution in [0.3, 0.4) is 0 Å². The summed E-state index contributed by atoms with van der Waals surface area (Å²) in [4.78, 5) is 13.1. The SMILES string of the molecule is O=[N+]([O-])c1ccnc(NCC(F)(F)F)c1. The molecule has 1 N–H and O–H groups in total. The lowest BCUT2D eigenvalue weighted by Gasteiger charge is -2.07. The number of nitro groups is 1. The second-order valence-electron chi connectivity index (χ2n) is 2.63. The van der Waals surface area contributed by atoms with E-state index in [0.717, 1.165) is 18.3 Å². The topological polar surface area (TPSA) is 68.1 Å². The molecule has 0 unspecified atom stereocenters. The quantitative estimate of drug-likeness (QED) is 0.625. The van der Waals surface area contributed by atoms with E-state index in [1.807, 2.05) is 5.32 Å². The summed E-state index contributed by atoms with van der Waals surface area (Å²) >= 11 is 0. The molecule has 0 aliphatic carbocycles. The Balaban J connectivity index is 2.70. The minimum Gasteiger partial charge on any atom is -0.361 e. The van der Waals surface area contributed by atoms with Gasteiger partial charge in [0.2, 0.25) is 0 Å². The van der Waals surface area contributed by atoms with E-state index in [1.165, 1.54) is 0 Å². The molecule has 0 aliphatic rings. The predicted octanol–water partition coefficient (Wildman–Crippen LogP) is 1.96. The van der Waals surface area contributed by atoms with E-state index in [4.69, 9.17) is 0 Å². The van der Waals surface area contributed by atoms with Crippen LogP contribution in [0, 0.1) is 10.1 Å². The monoisotopic (exact) mass is 221 g/mol. The van der Waals surface area contributed by atoms with Gasteiger partial charge in [0.15, 0.2) is 0 Å². The van der Waals surface area contributed by atoms with Crippen LogP contribution in [-0.4, -0.2) is 22.6 Å². The maximum Gasteiger partial charge on any atom is 0.405 e. The predicted molar refractivity (Wildman–Crippen MR) is 45.4 cm³/mol. The fraction of sp³-hybridized carbons (Fsp3) is 0.286. The van der Waals surface area contributed by atoms with Gasteiger partial charge in [-0.3, -0.25) is 10.1 Å². The lowest BCUT2D eigenvalue weighted by molar-refractivity contribution is -0.384. The molecule has 0 bridgehead atoms. The highest BCUT2D eigenvalue weighted by atomic mass is 19.4. The van der Waals surface area contributed by atoms with Crippen molar-refractivity contribution in [1.82, 2.24) is 4.98 Å². The Morgan fingerprint density at radius 2 is 2.20 bits per heavy atom. The van der Waals surface area contributed by atoms with Crippen LogP contribution >= 0.6 is 0 Å². The van der Waals surface area contributed by atoms with Gasteiger partial charge in [0, 0.05) is 12.3 Å². The first-order valence-corrected chi connectivity index (χ1v) is 3.79. The molecule has 0 amide bonds. The number of rotatable bonds is 3. The molecule has 0 aliphatic heterocycles. The number of nitrogens with one attached hydrogen (secondary N) is 1. The number of hydrogen-bond donors (Lipinski definition) is 1. The fourth-order valence-corrected chi connectivity index (χ4v) is 0.820. The zero-order chi connectivity index (χ0) is 11.5. The van der Waals surface area contributed by atoms with Crippen LogP contribution in [0.4, 0.5) is 24.7 Å². The highest BCUT2D eigenvalue weighted by Gasteiger charge is 2.26. The molecular weight excluding hydrogens is 215 g/mol. The molecule has 0 saturated heterocycles. The minimum absolute atomic E-state index is 0.179. The molecule has 82 valence electrons. The van der Waals surface area contributed by atoms with Crippen molar-refractivity contribution < 1.29 is 18.1 Å². The van der Waals surface area contributed by atoms with Gasteiger partial charge in [-0.15, -0.1) is 0 Å². The Bertz CT molecular complexity index is 367. The van der Waals surface area contributed by atoms with Gasteiger partial charge in [0.1, 0.15) is 12.4 Å². The van der Waals surface area contributed by atoms with Gasteiger partial charge in [-0.1, -0.05) is 0 Å². The van der Waals surface area contributed by atoms with E-state index in [0.29, 0.717) is 0 Å². The van der Waals surface area contributed by atoms with Gasteiger partial charge in [-0.25, -0.2) is 4.98 Å². The van der Waals surface area contributed by atoms with Crippen LogP contribution in [0.15, 0.2) is 18.3 Å². The molecule has 1 heterocycles. The molecule has 0 atom stereocenters. The average molecular weight is 221 g/mol. The molecule has 5 nitrogen and oxygen atoms in total. The highest BCUT2D eigenvalue weighted by molar-refractivity contribution is 5.44. The van der Waals surface area contributed by atoms with Crippen LogP contribution in [0.5, 0.6) is 0 Å². The van der Waals surface area contributed by atoms with Crippen molar-refractivity contribution in [2.24, 2.45) is 0 Å². The van der Waals surface area contributed by atoms with E-state index in [2.05, 4.69) is 4.98 Å². The van der Waals surface area contributed by atoms with E-state index >= 15 is 0 Å².